The third kappa shape index (κ3) is 4.04. The van der Waals surface area contributed by atoms with Crippen LogP contribution in [0.5, 0.6) is 11.5 Å². The van der Waals surface area contributed by atoms with Crippen LogP contribution in [0.25, 0.3) is 10.2 Å². The molecular weight excluding hydrogens is 393 g/mol. The van der Waals surface area contributed by atoms with Gasteiger partial charge in [-0.2, -0.15) is 0 Å². The van der Waals surface area contributed by atoms with Crippen molar-refractivity contribution in [2.24, 2.45) is 0 Å². The van der Waals surface area contributed by atoms with Gasteiger partial charge in [-0.25, -0.2) is 9.37 Å². The summed E-state index contributed by atoms with van der Waals surface area (Å²) in [6.07, 6.45) is 0. The molecule has 8 heteroatoms. The molecule has 0 aliphatic carbocycles. The lowest BCUT2D eigenvalue weighted by atomic mass is 10.2. The number of amides is 1. The zero-order chi connectivity index (χ0) is 20.4. The average molecular weight is 415 g/mol. The minimum absolute atomic E-state index is 0.198. The Morgan fingerprint density at radius 2 is 1.79 bits per heavy atom. The number of anilines is 1. The van der Waals surface area contributed by atoms with Crippen LogP contribution in [0, 0.1) is 5.82 Å². The first kappa shape index (κ1) is 19.6. The van der Waals surface area contributed by atoms with E-state index < -0.39 is 0 Å². The molecule has 152 valence electrons. The van der Waals surface area contributed by atoms with Crippen molar-refractivity contribution in [2.45, 2.75) is 13.8 Å². The summed E-state index contributed by atoms with van der Waals surface area (Å²) in [6.45, 7) is 7.40. The van der Waals surface area contributed by atoms with E-state index in [0.717, 1.165) is 29.9 Å². The average Bonchev–Trinajstić information content (AvgIpc) is 3.35. The van der Waals surface area contributed by atoms with E-state index in [9.17, 15) is 9.18 Å². The zero-order valence-electron chi connectivity index (χ0n) is 16.4. The van der Waals surface area contributed by atoms with E-state index in [4.69, 9.17) is 9.47 Å². The Morgan fingerprint density at radius 1 is 1.10 bits per heavy atom. The molecule has 0 fully saturated rings. The second-order valence-electron chi connectivity index (χ2n) is 6.66. The van der Waals surface area contributed by atoms with E-state index in [1.54, 1.807) is 4.90 Å². The van der Waals surface area contributed by atoms with Crippen molar-refractivity contribution in [2.75, 3.05) is 37.9 Å². The number of hydrogen-bond donors (Lipinski definition) is 0. The summed E-state index contributed by atoms with van der Waals surface area (Å²) < 4.78 is 25.1. The van der Waals surface area contributed by atoms with E-state index in [1.165, 1.54) is 35.6 Å². The predicted octanol–water partition coefficient (Wildman–Crippen LogP) is 4.15. The Labute approximate surface area is 172 Å². The van der Waals surface area contributed by atoms with Gasteiger partial charge in [0.2, 0.25) is 6.79 Å². The number of benzene rings is 2. The summed E-state index contributed by atoms with van der Waals surface area (Å²) in [4.78, 5) is 21.8. The lowest BCUT2D eigenvalue weighted by Crippen LogP contribution is -2.38. The molecule has 2 aromatic carbocycles. The van der Waals surface area contributed by atoms with Gasteiger partial charge in [-0.05, 0) is 37.4 Å². The summed E-state index contributed by atoms with van der Waals surface area (Å²) in [5, 5.41) is 0.602. The van der Waals surface area contributed by atoms with Crippen molar-refractivity contribution in [1.29, 1.82) is 0 Å². The monoisotopic (exact) mass is 415 g/mol. The zero-order valence-corrected chi connectivity index (χ0v) is 17.2. The van der Waals surface area contributed by atoms with Crippen molar-refractivity contribution in [3.63, 3.8) is 0 Å². The van der Waals surface area contributed by atoms with Gasteiger partial charge in [0.1, 0.15) is 5.82 Å². The normalized spacial score (nSPS) is 12.7. The highest BCUT2D eigenvalue weighted by atomic mass is 32.1. The number of carbonyl (C=O) groups excluding carboxylic acids is 1. The van der Waals surface area contributed by atoms with Crippen molar-refractivity contribution in [1.82, 2.24) is 9.88 Å². The summed E-state index contributed by atoms with van der Waals surface area (Å²) in [7, 11) is 0. The van der Waals surface area contributed by atoms with Crippen molar-refractivity contribution < 1.29 is 18.7 Å². The standard InChI is InChI=1S/C21H22FN3O3S/c1-3-24(4-2)9-10-25(20(26)14-5-7-15(22)8-6-14)21-23-16-11-17-18(28-13-27-17)12-19(16)29-21/h5-8,11-12H,3-4,9-10,13H2,1-2H3. The maximum absolute atomic E-state index is 13.3. The van der Waals surface area contributed by atoms with Gasteiger partial charge in [-0.15, -0.1) is 0 Å². The number of nitrogens with zero attached hydrogens (tertiary/aromatic N) is 3. The predicted molar refractivity (Wildman–Crippen MR) is 112 cm³/mol. The number of halogens is 1. The molecule has 1 aliphatic rings. The maximum Gasteiger partial charge on any atom is 0.260 e. The molecule has 0 atom stereocenters. The van der Waals surface area contributed by atoms with Crippen LogP contribution in [0.1, 0.15) is 24.2 Å². The highest BCUT2D eigenvalue weighted by Crippen LogP contribution is 2.40. The van der Waals surface area contributed by atoms with Gasteiger partial charge in [-0.1, -0.05) is 25.2 Å². The fourth-order valence-electron chi connectivity index (χ4n) is 3.23. The van der Waals surface area contributed by atoms with Crippen molar-refractivity contribution >= 4 is 32.6 Å². The Bertz CT molecular complexity index is 977. The first-order chi connectivity index (χ1) is 14.1. The molecule has 0 saturated heterocycles. The highest BCUT2D eigenvalue weighted by molar-refractivity contribution is 7.22. The third-order valence-corrected chi connectivity index (χ3v) is 6.01. The van der Waals surface area contributed by atoms with Crippen LogP contribution in [0.2, 0.25) is 0 Å². The minimum Gasteiger partial charge on any atom is -0.454 e. The van der Waals surface area contributed by atoms with Crippen LogP contribution in [-0.4, -0.2) is 48.8 Å². The number of thiazole rings is 1. The van der Waals surface area contributed by atoms with Crippen molar-refractivity contribution in [3.8, 4) is 11.5 Å². The molecule has 4 rings (SSSR count). The molecule has 1 aliphatic heterocycles. The Balaban J connectivity index is 1.68. The SMILES string of the molecule is CCN(CC)CCN(C(=O)c1ccc(F)cc1)c1nc2cc3c(cc2s1)OCO3. The topological polar surface area (TPSA) is 54.9 Å². The lowest BCUT2D eigenvalue weighted by Gasteiger charge is -2.24. The van der Waals surface area contributed by atoms with E-state index in [2.05, 4.69) is 23.7 Å². The first-order valence-corrected chi connectivity index (χ1v) is 10.4. The van der Waals surface area contributed by atoms with Gasteiger partial charge in [0.25, 0.3) is 5.91 Å². The molecule has 2 heterocycles. The Morgan fingerprint density at radius 3 is 2.48 bits per heavy atom. The van der Waals surface area contributed by atoms with E-state index in [1.807, 2.05) is 12.1 Å². The number of aromatic nitrogens is 1. The second kappa shape index (κ2) is 8.34. The summed E-state index contributed by atoms with van der Waals surface area (Å²) in [6, 6.07) is 9.34. The summed E-state index contributed by atoms with van der Waals surface area (Å²) in [5.74, 6) is 0.781. The molecule has 0 saturated carbocycles. The van der Waals surface area contributed by atoms with Gasteiger partial charge in [-0.3, -0.25) is 9.69 Å². The van der Waals surface area contributed by atoms with Crippen LogP contribution in [-0.2, 0) is 0 Å². The Hall–Kier alpha value is -2.71. The second-order valence-corrected chi connectivity index (χ2v) is 7.67. The van der Waals surface area contributed by atoms with Gasteiger partial charge < -0.3 is 14.4 Å². The quantitative estimate of drug-likeness (QED) is 0.580. The minimum atomic E-state index is -0.370. The molecule has 0 bridgehead atoms. The summed E-state index contributed by atoms with van der Waals surface area (Å²) in [5.41, 5.74) is 1.19. The molecule has 1 aromatic heterocycles. The largest absolute Gasteiger partial charge is 0.454 e. The van der Waals surface area contributed by atoms with Gasteiger partial charge in [0, 0.05) is 30.8 Å². The van der Waals surface area contributed by atoms with E-state index >= 15 is 0 Å². The maximum atomic E-state index is 13.3. The van der Waals surface area contributed by atoms with Crippen molar-refractivity contribution in [3.05, 3.63) is 47.8 Å². The molecule has 0 spiro atoms. The molecule has 6 nitrogen and oxygen atoms in total. The Kier molecular flexibility index (Phi) is 5.64. The van der Waals surface area contributed by atoms with Gasteiger partial charge in [0.05, 0.1) is 10.2 Å². The fraction of sp³-hybridized carbons (Fsp3) is 0.333. The third-order valence-electron chi connectivity index (χ3n) is 4.97. The van der Waals surface area contributed by atoms with Crippen LogP contribution in [0.4, 0.5) is 9.52 Å². The lowest BCUT2D eigenvalue weighted by molar-refractivity contribution is 0.0983. The first-order valence-electron chi connectivity index (χ1n) is 9.59. The molecule has 1 amide bonds. The van der Waals surface area contributed by atoms with Crippen LogP contribution in [0.15, 0.2) is 36.4 Å². The van der Waals surface area contributed by atoms with Crippen LogP contribution in [0.3, 0.4) is 0 Å². The number of ether oxygens (including phenoxy) is 2. The molecular formula is C21H22FN3O3S. The fourth-order valence-corrected chi connectivity index (χ4v) is 4.24. The van der Waals surface area contributed by atoms with Gasteiger partial charge >= 0.3 is 0 Å². The van der Waals surface area contributed by atoms with Gasteiger partial charge in [0.15, 0.2) is 16.6 Å². The highest BCUT2D eigenvalue weighted by Gasteiger charge is 2.23. The number of hydrogen-bond acceptors (Lipinski definition) is 6. The number of carbonyl (C=O) groups is 1. The molecule has 0 unspecified atom stereocenters. The molecule has 0 N–H and O–H groups in total. The van der Waals surface area contributed by atoms with E-state index in [0.29, 0.717) is 28.7 Å². The molecule has 29 heavy (non-hydrogen) atoms. The number of likely N-dealkylation sites (N-methyl/N-ethyl adjacent to an activating group) is 1. The smallest absolute Gasteiger partial charge is 0.260 e. The van der Waals surface area contributed by atoms with Crippen LogP contribution < -0.4 is 14.4 Å². The molecule has 0 radical (unpaired) electrons. The van der Waals surface area contributed by atoms with E-state index in [-0.39, 0.29) is 18.5 Å². The van der Waals surface area contributed by atoms with Crippen LogP contribution >= 0.6 is 11.3 Å². The number of rotatable bonds is 7. The number of fused-ring (bicyclic) bond motifs is 2. The molecule has 3 aromatic rings. The summed E-state index contributed by atoms with van der Waals surface area (Å²) >= 11 is 1.43.